The Kier molecular flexibility index (Phi) is 14.9. The van der Waals surface area contributed by atoms with Crippen LogP contribution in [0, 0.1) is 0 Å². The molecule has 224 valence electrons. The molecule has 0 fully saturated rings. The van der Waals surface area contributed by atoms with Crippen molar-refractivity contribution < 1.29 is 47.9 Å². The van der Waals surface area contributed by atoms with Gasteiger partial charge in [-0.25, -0.2) is 9.59 Å². The van der Waals surface area contributed by atoms with Gasteiger partial charge in [0.2, 0.25) is 0 Å². The minimum atomic E-state index is -1.43. The van der Waals surface area contributed by atoms with Crippen molar-refractivity contribution in [3.8, 4) is 11.1 Å². The van der Waals surface area contributed by atoms with E-state index in [1.807, 2.05) is 48.5 Å². The van der Waals surface area contributed by atoms with Gasteiger partial charge in [0.25, 0.3) is 0 Å². The number of carbonyl (C=O) groups excluding carboxylic acids is 1. The predicted molar refractivity (Wildman–Crippen MR) is 150 cm³/mol. The average molecular weight is 574 g/mol. The highest BCUT2D eigenvalue weighted by Crippen LogP contribution is 2.44. The van der Waals surface area contributed by atoms with Gasteiger partial charge in [0, 0.05) is 12.5 Å². The SMILES string of the molecule is NCCOCCOCCOCCOCCOCCOC=C(C(=O)O)C(=O)OCC1c2ccccc2-c2ccccc21. The van der Waals surface area contributed by atoms with Crippen LogP contribution in [0.5, 0.6) is 0 Å². The molecule has 0 saturated carbocycles. The van der Waals surface area contributed by atoms with Crippen LogP contribution in [0.2, 0.25) is 0 Å². The zero-order valence-corrected chi connectivity index (χ0v) is 23.2. The Morgan fingerprint density at radius 2 is 1.12 bits per heavy atom. The van der Waals surface area contributed by atoms with E-state index in [2.05, 4.69) is 0 Å². The van der Waals surface area contributed by atoms with Gasteiger partial charge in [0.1, 0.15) is 19.5 Å². The van der Waals surface area contributed by atoms with Crippen molar-refractivity contribution in [1.82, 2.24) is 0 Å². The molecular formula is C30H39NO10. The first kappa shape index (κ1) is 32.2. The maximum Gasteiger partial charge on any atom is 0.348 e. The molecule has 0 aliphatic heterocycles. The van der Waals surface area contributed by atoms with E-state index in [-0.39, 0.29) is 25.7 Å². The van der Waals surface area contributed by atoms with Crippen LogP contribution < -0.4 is 5.73 Å². The number of hydrogen-bond donors (Lipinski definition) is 2. The summed E-state index contributed by atoms with van der Waals surface area (Å²) in [5.74, 6) is -2.56. The van der Waals surface area contributed by atoms with Crippen molar-refractivity contribution in [2.24, 2.45) is 5.73 Å². The van der Waals surface area contributed by atoms with Gasteiger partial charge in [0.05, 0.1) is 66.1 Å². The van der Waals surface area contributed by atoms with E-state index in [0.717, 1.165) is 28.5 Å². The van der Waals surface area contributed by atoms with Crippen LogP contribution in [0.15, 0.2) is 60.4 Å². The lowest BCUT2D eigenvalue weighted by atomic mass is 9.98. The third kappa shape index (κ3) is 10.9. The smallest absolute Gasteiger partial charge is 0.348 e. The summed E-state index contributed by atoms with van der Waals surface area (Å²) in [6.07, 6.45) is 0.898. The minimum absolute atomic E-state index is 0.0183. The van der Waals surface area contributed by atoms with Gasteiger partial charge < -0.3 is 44.0 Å². The monoisotopic (exact) mass is 573 g/mol. The van der Waals surface area contributed by atoms with Gasteiger partial charge in [-0.15, -0.1) is 0 Å². The topological polar surface area (TPSA) is 145 Å². The van der Waals surface area contributed by atoms with Crippen LogP contribution in [0.1, 0.15) is 17.0 Å². The van der Waals surface area contributed by atoms with E-state index in [4.69, 9.17) is 38.9 Å². The largest absolute Gasteiger partial charge is 0.498 e. The highest BCUT2D eigenvalue weighted by atomic mass is 16.6. The molecular weight excluding hydrogens is 534 g/mol. The molecule has 0 aromatic heterocycles. The van der Waals surface area contributed by atoms with Crippen LogP contribution >= 0.6 is 0 Å². The number of nitrogens with two attached hydrogens (primary N) is 1. The fraction of sp³-hybridized carbons (Fsp3) is 0.467. The molecule has 0 bridgehead atoms. The summed E-state index contributed by atoms with van der Waals surface area (Å²) in [6.45, 7) is 4.83. The Morgan fingerprint density at radius 3 is 1.59 bits per heavy atom. The highest BCUT2D eigenvalue weighted by Gasteiger charge is 2.30. The Hall–Kier alpha value is -3.32. The fourth-order valence-corrected chi connectivity index (χ4v) is 4.18. The van der Waals surface area contributed by atoms with Gasteiger partial charge in [-0.2, -0.15) is 0 Å². The second kappa shape index (κ2) is 18.9. The summed E-state index contributed by atoms with van der Waals surface area (Å²) in [4.78, 5) is 24.2. The summed E-state index contributed by atoms with van der Waals surface area (Å²) >= 11 is 0. The molecule has 11 heteroatoms. The molecule has 2 aromatic rings. The second-order valence-electron chi connectivity index (χ2n) is 8.88. The number of carbonyl (C=O) groups is 2. The first-order chi connectivity index (χ1) is 20.1. The zero-order chi connectivity index (χ0) is 29.1. The molecule has 1 aliphatic rings. The van der Waals surface area contributed by atoms with Crippen LogP contribution in [0.3, 0.4) is 0 Å². The molecule has 0 unspecified atom stereocenters. The van der Waals surface area contributed by atoms with E-state index < -0.39 is 17.5 Å². The third-order valence-electron chi connectivity index (χ3n) is 6.09. The number of hydrogen-bond acceptors (Lipinski definition) is 10. The molecule has 0 radical (unpaired) electrons. The molecule has 3 N–H and O–H groups in total. The van der Waals surface area contributed by atoms with Crippen molar-refractivity contribution in [3.63, 3.8) is 0 Å². The van der Waals surface area contributed by atoms with Gasteiger partial charge >= 0.3 is 11.9 Å². The normalized spacial score (nSPS) is 12.7. The lowest BCUT2D eigenvalue weighted by molar-refractivity contribution is -0.144. The molecule has 2 aromatic carbocycles. The number of aliphatic carboxylic acids is 1. The number of carboxylic acid groups (broad SMARTS) is 1. The summed E-state index contributed by atoms with van der Waals surface area (Å²) < 4.78 is 37.4. The molecule has 0 amide bonds. The lowest BCUT2D eigenvalue weighted by Gasteiger charge is -2.14. The Balaban J connectivity index is 1.24. The molecule has 0 spiro atoms. The number of carboxylic acids is 1. The van der Waals surface area contributed by atoms with Gasteiger partial charge in [0.15, 0.2) is 5.57 Å². The Morgan fingerprint density at radius 1 is 0.683 bits per heavy atom. The minimum Gasteiger partial charge on any atom is -0.498 e. The van der Waals surface area contributed by atoms with Crippen molar-refractivity contribution in [2.45, 2.75) is 5.92 Å². The van der Waals surface area contributed by atoms with Crippen LogP contribution in [0.4, 0.5) is 0 Å². The molecule has 0 atom stereocenters. The van der Waals surface area contributed by atoms with Crippen LogP contribution in [-0.4, -0.2) is 103 Å². The Bertz CT molecular complexity index is 1060. The number of fused-ring (bicyclic) bond motifs is 3. The van der Waals surface area contributed by atoms with E-state index in [1.54, 1.807) is 0 Å². The first-order valence-electron chi connectivity index (χ1n) is 13.6. The molecule has 41 heavy (non-hydrogen) atoms. The highest BCUT2D eigenvalue weighted by molar-refractivity contribution is 6.13. The molecule has 0 heterocycles. The van der Waals surface area contributed by atoms with Gasteiger partial charge in [-0.05, 0) is 22.3 Å². The summed E-state index contributed by atoms with van der Waals surface area (Å²) in [5, 5.41) is 9.47. The summed E-state index contributed by atoms with van der Waals surface area (Å²) in [5.41, 5.74) is 8.99. The fourth-order valence-electron chi connectivity index (χ4n) is 4.18. The lowest BCUT2D eigenvalue weighted by Crippen LogP contribution is -2.19. The van der Waals surface area contributed by atoms with E-state index in [9.17, 15) is 14.7 Å². The van der Waals surface area contributed by atoms with E-state index >= 15 is 0 Å². The Labute approximate surface area is 240 Å². The third-order valence-corrected chi connectivity index (χ3v) is 6.09. The maximum absolute atomic E-state index is 12.6. The van der Waals surface area contributed by atoms with Crippen molar-refractivity contribution in [3.05, 3.63) is 71.5 Å². The zero-order valence-electron chi connectivity index (χ0n) is 23.2. The van der Waals surface area contributed by atoms with Crippen molar-refractivity contribution in [2.75, 3.05) is 85.8 Å². The van der Waals surface area contributed by atoms with Gasteiger partial charge in [-0.3, -0.25) is 0 Å². The maximum atomic E-state index is 12.6. The van der Waals surface area contributed by atoms with E-state index in [0.29, 0.717) is 66.0 Å². The van der Waals surface area contributed by atoms with Crippen LogP contribution in [0.25, 0.3) is 11.1 Å². The predicted octanol–water partition coefficient (Wildman–Crippen LogP) is 2.37. The summed E-state index contributed by atoms with van der Waals surface area (Å²) in [7, 11) is 0. The summed E-state index contributed by atoms with van der Waals surface area (Å²) in [6, 6.07) is 15.8. The average Bonchev–Trinajstić information content (AvgIpc) is 3.30. The molecule has 3 rings (SSSR count). The molecule has 11 nitrogen and oxygen atoms in total. The van der Waals surface area contributed by atoms with Crippen molar-refractivity contribution in [1.29, 1.82) is 0 Å². The standard InChI is InChI=1S/C30H39NO10/c31-9-10-35-11-12-36-13-14-37-15-16-38-17-18-39-19-20-40-21-28(29(32)33)30(34)41-22-27-25-7-3-1-5-23(25)24-6-2-4-8-26(24)27/h1-8,21,27H,9-20,22,31H2,(H,32,33). The van der Waals surface area contributed by atoms with Gasteiger partial charge in [-0.1, -0.05) is 48.5 Å². The second-order valence-corrected chi connectivity index (χ2v) is 8.88. The number of benzene rings is 2. The van der Waals surface area contributed by atoms with Crippen molar-refractivity contribution >= 4 is 11.9 Å². The van der Waals surface area contributed by atoms with E-state index in [1.165, 1.54) is 0 Å². The number of ether oxygens (including phenoxy) is 7. The number of rotatable bonds is 22. The quantitative estimate of drug-likeness (QED) is 0.0535. The first-order valence-corrected chi connectivity index (χ1v) is 13.6. The molecule has 0 saturated heterocycles. The van der Waals surface area contributed by atoms with Crippen LogP contribution in [-0.2, 0) is 42.7 Å². The number of esters is 1. The molecule has 1 aliphatic carbocycles.